The van der Waals surface area contributed by atoms with Crippen molar-refractivity contribution < 1.29 is 8.42 Å². The molecule has 1 N–H and O–H groups in total. The Kier molecular flexibility index (Phi) is 4.55. The monoisotopic (exact) mass is 348 g/mol. The average Bonchev–Trinajstić information content (AvgIpc) is 2.62. The van der Waals surface area contributed by atoms with Gasteiger partial charge in [0.15, 0.2) is 0 Å². The third kappa shape index (κ3) is 3.54. The van der Waals surface area contributed by atoms with Crippen LogP contribution in [0.15, 0.2) is 77.7 Å². The molecule has 0 heterocycles. The van der Waals surface area contributed by atoms with Gasteiger partial charge in [0.1, 0.15) is 6.07 Å². The first-order valence-electron chi connectivity index (χ1n) is 7.69. The van der Waals surface area contributed by atoms with Gasteiger partial charge in [0.25, 0.3) is 10.0 Å². The maximum Gasteiger partial charge on any atom is 0.261 e. The summed E-state index contributed by atoms with van der Waals surface area (Å²) in [4.78, 5) is 0.151. The van der Waals surface area contributed by atoms with Gasteiger partial charge in [0, 0.05) is 0 Å². The van der Waals surface area contributed by atoms with Crippen LogP contribution in [0.4, 0.5) is 5.69 Å². The minimum absolute atomic E-state index is 0.151. The van der Waals surface area contributed by atoms with Gasteiger partial charge in [-0.2, -0.15) is 5.26 Å². The van der Waals surface area contributed by atoms with E-state index in [-0.39, 0.29) is 10.6 Å². The van der Waals surface area contributed by atoms with Crippen molar-refractivity contribution in [3.63, 3.8) is 0 Å². The second-order valence-electron chi connectivity index (χ2n) is 5.61. The summed E-state index contributed by atoms with van der Waals surface area (Å²) < 4.78 is 27.7. The minimum atomic E-state index is -3.76. The molecular formula is C20H16N2O2S. The van der Waals surface area contributed by atoms with Crippen LogP contribution in [0, 0.1) is 18.3 Å². The van der Waals surface area contributed by atoms with Crippen LogP contribution < -0.4 is 4.72 Å². The maximum atomic E-state index is 12.6. The van der Waals surface area contributed by atoms with Gasteiger partial charge in [-0.1, -0.05) is 54.6 Å². The highest BCUT2D eigenvalue weighted by molar-refractivity contribution is 7.92. The summed E-state index contributed by atoms with van der Waals surface area (Å²) in [6, 6.07) is 23.5. The van der Waals surface area contributed by atoms with Gasteiger partial charge in [0.05, 0.1) is 16.1 Å². The molecule has 0 aromatic heterocycles. The van der Waals surface area contributed by atoms with E-state index < -0.39 is 10.0 Å². The number of nitriles is 1. The highest BCUT2D eigenvalue weighted by Crippen LogP contribution is 2.24. The lowest BCUT2D eigenvalue weighted by atomic mass is 10.1. The Morgan fingerprint density at radius 1 is 0.840 bits per heavy atom. The van der Waals surface area contributed by atoms with Crippen LogP contribution in [-0.4, -0.2) is 8.42 Å². The van der Waals surface area contributed by atoms with Crippen molar-refractivity contribution in [3.8, 4) is 17.2 Å². The van der Waals surface area contributed by atoms with Crippen LogP contribution in [0.1, 0.15) is 11.1 Å². The zero-order chi connectivity index (χ0) is 17.9. The Morgan fingerprint density at radius 2 is 1.48 bits per heavy atom. The zero-order valence-electron chi connectivity index (χ0n) is 13.6. The van der Waals surface area contributed by atoms with Gasteiger partial charge in [-0.05, 0) is 41.8 Å². The molecule has 0 aliphatic rings. The van der Waals surface area contributed by atoms with E-state index in [2.05, 4.69) is 4.72 Å². The van der Waals surface area contributed by atoms with Crippen molar-refractivity contribution in [1.82, 2.24) is 0 Å². The molecule has 3 aromatic rings. The molecule has 5 heteroatoms. The quantitative estimate of drug-likeness (QED) is 0.763. The average molecular weight is 348 g/mol. The van der Waals surface area contributed by atoms with E-state index in [4.69, 9.17) is 0 Å². The van der Waals surface area contributed by atoms with E-state index in [9.17, 15) is 13.7 Å². The van der Waals surface area contributed by atoms with Gasteiger partial charge < -0.3 is 0 Å². The number of nitrogens with one attached hydrogen (secondary N) is 1. The number of nitrogens with zero attached hydrogens (tertiary/aromatic N) is 1. The lowest BCUT2D eigenvalue weighted by Crippen LogP contribution is -2.14. The van der Waals surface area contributed by atoms with E-state index in [0.717, 1.165) is 16.7 Å². The van der Waals surface area contributed by atoms with Crippen molar-refractivity contribution in [2.45, 2.75) is 11.8 Å². The van der Waals surface area contributed by atoms with E-state index in [0.29, 0.717) is 5.56 Å². The molecule has 3 aromatic carbocycles. The first-order chi connectivity index (χ1) is 12.0. The molecule has 0 saturated carbocycles. The van der Waals surface area contributed by atoms with Crippen molar-refractivity contribution in [1.29, 1.82) is 5.26 Å². The number of anilines is 1. The molecule has 0 spiro atoms. The molecule has 0 amide bonds. The third-order valence-electron chi connectivity index (χ3n) is 3.90. The second kappa shape index (κ2) is 6.80. The standard InChI is InChI=1S/C20H16N2O2S/c1-15-6-5-9-20(19(15)14-21)22-25(23,24)18-12-10-17(11-13-18)16-7-3-2-4-8-16/h2-13,22H,1H3. The number of benzene rings is 3. The number of aryl methyl sites for hydroxylation is 1. The minimum Gasteiger partial charge on any atom is -0.278 e. The predicted molar refractivity (Wildman–Crippen MR) is 98.6 cm³/mol. The maximum absolute atomic E-state index is 12.6. The molecule has 3 rings (SSSR count). The van der Waals surface area contributed by atoms with Crippen molar-refractivity contribution >= 4 is 15.7 Å². The molecule has 0 fully saturated rings. The summed E-state index contributed by atoms with van der Waals surface area (Å²) in [6.07, 6.45) is 0. The van der Waals surface area contributed by atoms with Gasteiger partial charge in [-0.15, -0.1) is 0 Å². The van der Waals surface area contributed by atoms with Gasteiger partial charge in [0.2, 0.25) is 0 Å². The number of sulfonamides is 1. The second-order valence-corrected chi connectivity index (χ2v) is 7.29. The summed E-state index contributed by atoms with van der Waals surface area (Å²) in [5.41, 5.74) is 3.29. The summed E-state index contributed by atoms with van der Waals surface area (Å²) in [6.45, 7) is 1.77. The molecule has 4 nitrogen and oxygen atoms in total. The van der Waals surface area contributed by atoms with Crippen LogP contribution in [-0.2, 0) is 10.0 Å². The van der Waals surface area contributed by atoms with Crippen LogP contribution in [0.25, 0.3) is 11.1 Å². The Labute approximate surface area is 147 Å². The van der Waals surface area contributed by atoms with Crippen LogP contribution in [0.2, 0.25) is 0 Å². The molecule has 124 valence electrons. The number of hydrogen-bond donors (Lipinski definition) is 1. The van der Waals surface area contributed by atoms with Gasteiger partial charge in [-0.25, -0.2) is 8.42 Å². The first kappa shape index (κ1) is 16.7. The van der Waals surface area contributed by atoms with E-state index in [1.165, 1.54) is 0 Å². The van der Waals surface area contributed by atoms with Crippen LogP contribution in [0.3, 0.4) is 0 Å². The van der Waals surface area contributed by atoms with Crippen molar-refractivity contribution in [3.05, 3.63) is 83.9 Å². The molecule has 0 saturated heterocycles. The summed E-state index contributed by atoms with van der Waals surface area (Å²) in [5, 5.41) is 9.24. The predicted octanol–water partition coefficient (Wildman–Crippen LogP) is 4.33. The lowest BCUT2D eigenvalue weighted by Gasteiger charge is -2.11. The smallest absolute Gasteiger partial charge is 0.261 e. The molecule has 0 aliphatic carbocycles. The third-order valence-corrected chi connectivity index (χ3v) is 5.28. The number of rotatable bonds is 4. The molecule has 0 unspecified atom stereocenters. The zero-order valence-corrected chi connectivity index (χ0v) is 14.4. The Balaban J connectivity index is 1.91. The Morgan fingerprint density at radius 3 is 2.12 bits per heavy atom. The fourth-order valence-electron chi connectivity index (χ4n) is 2.56. The van der Waals surface area contributed by atoms with Crippen molar-refractivity contribution in [2.75, 3.05) is 4.72 Å². The van der Waals surface area contributed by atoms with Crippen LogP contribution in [0.5, 0.6) is 0 Å². The normalized spacial score (nSPS) is 10.9. The van der Waals surface area contributed by atoms with E-state index in [1.807, 2.05) is 36.4 Å². The Bertz CT molecular complexity index is 1040. The fourth-order valence-corrected chi connectivity index (χ4v) is 3.63. The molecule has 0 atom stereocenters. The van der Waals surface area contributed by atoms with E-state index >= 15 is 0 Å². The van der Waals surface area contributed by atoms with Crippen molar-refractivity contribution in [2.24, 2.45) is 0 Å². The van der Waals surface area contributed by atoms with E-state index in [1.54, 1.807) is 49.4 Å². The molecule has 25 heavy (non-hydrogen) atoms. The van der Waals surface area contributed by atoms with Crippen LogP contribution >= 0.6 is 0 Å². The van der Waals surface area contributed by atoms with Gasteiger partial charge >= 0.3 is 0 Å². The SMILES string of the molecule is Cc1cccc(NS(=O)(=O)c2ccc(-c3ccccc3)cc2)c1C#N. The molecular weight excluding hydrogens is 332 g/mol. The Hall–Kier alpha value is -3.10. The highest BCUT2D eigenvalue weighted by atomic mass is 32.2. The topological polar surface area (TPSA) is 70.0 Å². The largest absolute Gasteiger partial charge is 0.278 e. The fraction of sp³-hybridized carbons (Fsp3) is 0.0500. The molecule has 0 bridgehead atoms. The summed E-state index contributed by atoms with van der Waals surface area (Å²) in [5.74, 6) is 0. The lowest BCUT2D eigenvalue weighted by molar-refractivity contribution is 0.601. The molecule has 0 aliphatic heterocycles. The molecule has 0 radical (unpaired) electrons. The first-order valence-corrected chi connectivity index (χ1v) is 9.17. The summed E-state index contributed by atoms with van der Waals surface area (Å²) in [7, 11) is -3.76. The van der Waals surface area contributed by atoms with Gasteiger partial charge in [-0.3, -0.25) is 4.72 Å². The summed E-state index contributed by atoms with van der Waals surface area (Å²) >= 11 is 0. The number of hydrogen-bond acceptors (Lipinski definition) is 3. The highest BCUT2D eigenvalue weighted by Gasteiger charge is 2.17.